The summed E-state index contributed by atoms with van der Waals surface area (Å²) in [6.45, 7) is 4.13. The molecule has 2 unspecified atom stereocenters. The summed E-state index contributed by atoms with van der Waals surface area (Å²) >= 11 is 0. The maximum atomic E-state index is 13.2. The van der Waals surface area contributed by atoms with Gasteiger partial charge >= 0.3 is 0 Å². The molecule has 0 spiro atoms. The zero-order valence-electron chi connectivity index (χ0n) is 12.8. The van der Waals surface area contributed by atoms with Gasteiger partial charge in [0.2, 0.25) is 0 Å². The Morgan fingerprint density at radius 1 is 1.14 bits per heavy atom. The van der Waals surface area contributed by atoms with Crippen LogP contribution in [0.1, 0.15) is 31.0 Å². The third-order valence-electron chi connectivity index (χ3n) is 3.65. The van der Waals surface area contributed by atoms with Crippen LogP contribution in [0.4, 0.5) is 4.39 Å². The highest BCUT2D eigenvalue weighted by Crippen LogP contribution is 2.22. The molecule has 0 amide bonds. The van der Waals surface area contributed by atoms with E-state index in [9.17, 15) is 4.39 Å². The standard InChI is InChI=1S/C18H22FNO/c1-4-14-8-10-15(11-9-14)18(20-3)13(2)21-17-7-5-6-16(19)12-17/h5-13,18,20H,4H2,1-3H3. The molecule has 0 heterocycles. The molecule has 0 radical (unpaired) electrons. The summed E-state index contributed by atoms with van der Waals surface area (Å²) in [4.78, 5) is 0. The molecule has 0 aliphatic carbocycles. The minimum atomic E-state index is -0.284. The van der Waals surface area contributed by atoms with Crippen molar-refractivity contribution in [2.75, 3.05) is 7.05 Å². The van der Waals surface area contributed by atoms with Crippen molar-refractivity contribution in [3.8, 4) is 5.75 Å². The van der Waals surface area contributed by atoms with Gasteiger partial charge in [-0.2, -0.15) is 0 Å². The Labute approximate surface area is 126 Å². The van der Waals surface area contributed by atoms with E-state index >= 15 is 0 Å². The normalized spacial score (nSPS) is 13.7. The third-order valence-corrected chi connectivity index (χ3v) is 3.65. The van der Waals surface area contributed by atoms with Crippen molar-refractivity contribution in [3.05, 3.63) is 65.5 Å². The Bertz CT molecular complexity index is 568. The van der Waals surface area contributed by atoms with Crippen molar-refractivity contribution in [3.63, 3.8) is 0 Å². The van der Waals surface area contributed by atoms with Crippen molar-refractivity contribution >= 4 is 0 Å². The molecule has 2 rings (SSSR count). The van der Waals surface area contributed by atoms with Crippen LogP contribution in [0.3, 0.4) is 0 Å². The van der Waals surface area contributed by atoms with E-state index in [0.29, 0.717) is 5.75 Å². The van der Waals surface area contributed by atoms with E-state index in [2.05, 4.69) is 36.5 Å². The van der Waals surface area contributed by atoms with Crippen LogP contribution in [0, 0.1) is 5.82 Å². The van der Waals surface area contributed by atoms with Gasteiger partial charge in [0, 0.05) is 6.07 Å². The predicted molar refractivity (Wildman–Crippen MR) is 84.1 cm³/mol. The molecule has 2 aromatic carbocycles. The molecule has 0 saturated heterocycles. The largest absolute Gasteiger partial charge is 0.489 e. The molecule has 0 aliphatic rings. The Morgan fingerprint density at radius 2 is 1.86 bits per heavy atom. The van der Waals surface area contributed by atoms with Crippen LogP contribution in [0.25, 0.3) is 0 Å². The fourth-order valence-electron chi connectivity index (χ4n) is 2.46. The van der Waals surface area contributed by atoms with E-state index in [1.807, 2.05) is 14.0 Å². The van der Waals surface area contributed by atoms with Crippen molar-refractivity contribution in [1.29, 1.82) is 0 Å². The zero-order valence-corrected chi connectivity index (χ0v) is 12.8. The van der Waals surface area contributed by atoms with E-state index < -0.39 is 0 Å². The minimum absolute atomic E-state index is 0.0548. The molecule has 0 aliphatic heterocycles. The number of rotatable bonds is 6. The molecule has 2 nitrogen and oxygen atoms in total. The Balaban J connectivity index is 2.12. The van der Waals surface area contributed by atoms with Gasteiger partial charge in [-0.05, 0) is 43.7 Å². The first kappa shape index (κ1) is 15.5. The van der Waals surface area contributed by atoms with Gasteiger partial charge in [0.25, 0.3) is 0 Å². The highest BCUT2D eigenvalue weighted by Gasteiger charge is 2.19. The Hall–Kier alpha value is -1.87. The van der Waals surface area contributed by atoms with Gasteiger partial charge in [0.1, 0.15) is 17.7 Å². The summed E-state index contributed by atoms with van der Waals surface area (Å²) in [6, 6.07) is 14.8. The molecule has 3 heteroatoms. The number of ether oxygens (including phenoxy) is 1. The maximum Gasteiger partial charge on any atom is 0.126 e. The first-order chi connectivity index (χ1) is 10.1. The van der Waals surface area contributed by atoms with Gasteiger partial charge in [-0.1, -0.05) is 37.3 Å². The molecule has 21 heavy (non-hydrogen) atoms. The Kier molecular flexibility index (Phi) is 5.34. The van der Waals surface area contributed by atoms with Crippen molar-refractivity contribution in [2.24, 2.45) is 0 Å². The number of aryl methyl sites for hydroxylation is 1. The zero-order chi connectivity index (χ0) is 15.2. The van der Waals surface area contributed by atoms with E-state index in [0.717, 1.165) is 6.42 Å². The van der Waals surface area contributed by atoms with E-state index in [1.54, 1.807) is 12.1 Å². The van der Waals surface area contributed by atoms with Gasteiger partial charge in [0.05, 0.1) is 6.04 Å². The lowest BCUT2D eigenvalue weighted by atomic mass is 10.0. The number of benzene rings is 2. The molecule has 0 bridgehead atoms. The SMILES string of the molecule is CCc1ccc(C(NC)C(C)Oc2cccc(F)c2)cc1. The maximum absolute atomic E-state index is 13.2. The van der Waals surface area contributed by atoms with Crippen molar-refractivity contribution < 1.29 is 9.13 Å². The summed E-state index contributed by atoms with van der Waals surface area (Å²) < 4.78 is 19.1. The summed E-state index contributed by atoms with van der Waals surface area (Å²) in [5, 5.41) is 3.27. The summed E-state index contributed by atoms with van der Waals surface area (Å²) in [5.41, 5.74) is 2.48. The van der Waals surface area contributed by atoms with Gasteiger partial charge in [0.15, 0.2) is 0 Å². The summed E-state index contributed by atoms with van der Waals surface area (Å²) in [6.07, 6.45) is 0.920. The number of halogens is 1. The minimum Gasteiger partial charge on any atom is -0.489 e. The van der Waals surface area contributed by atoms with Gasteiger partial charge < -0.3 is 10.1 Å². The predicted octanol–water partition coefficient (Wildman–Crippen LogP) is 4.12. The van der Waals surface area contributed by atoms with Crippen LogP contribution in [0.2, 0.25) is 0 Å². The lowest BCUT2D eigenvalue weighted by Crippen LogP contribution is -2.31. The summed E-state index contributed by atoms with van der Waals surface area (Å²) in [5.74, 6) is 0.265. The molecule has 112 valence electrons. The molecule has 2 atom stereocenters. The number of hydrogen-bond donors (Lipinski definition) is 1. The van der Waals surface area contributed by atoms with Gasteiger partial charge in [-0.3, -0.25) is 0 Å². The lowest BCUT2D eigenvalue weighted by Gasteiger charge is -2.25. The fraction of sp³-hybridized carbons (Fsp3) is 0.333. The van der Waals surface area contributed by atoms with Crippen LogP contribution in [0.5, 0.6) is 5.75 Å². The second kappa shape index (κ2) is 7.23. The molecule has 0 fully saturated rings. The van der Waals surface area contributed by atoms with Crippen LogP contribution in [-0.4, -0.2) is 13.2 Å². The average Bonchev–Trinajstić information content (AvgIpc) is 2.48. The third kappa shape index (κ3) is 4.05. The van der Waals surface area contributed by atoms with Gasteiger partial charge in [-0.25, -0.2) is 4.39 Å². The van der Waals surface area contributed by atoms with Gasteiger partial charge in [-0.15, -0.1) is 0 Å². The molecule has 1 N–H and O–H groups in total. The number of nitrogens with one attached hydrogen (secondary N) is 1. The number of likely N-dealkylation sites (N-methyl/N-ethyl adjacent to an activating group) is 1. The van der Waals surface area contributed by atoms with E-state index in [4.69, 9.17) is 4.74 Å². The van der Waals surface area contributed by atoms with Crippen LogP contribution >= 0.6 is 0 Å². The molecular weight excluding hydrogens is 265 g/mol. The molecule has 2 aromatic rings. The van der Waals surface area contributed by atoms with Crippen LogP contribution in [-0.2, 0) is 6.42 Å². The van der Waals surface area contributed by atoms with E-state index in [-0.39, 0.29) is 18.0 Å². The number of hydrogen-bond acceptors (Lipinski definition) is 2. The van der Waals surface area contributed by atoms with Crippen molar-refractivity contribution in [2.45, 2.75) is 32.4 Å². The first-order valence-electron chi connectivity index (χ1n) is 7.32. The molecule has 0 aromatic heterocycles. The Morgan fingerprint density at radius 3 is 2.43 bits per heavy atom. The lowest BCUT2D eigenvalue weighted by molar-refractivity contribution is 0.174. The second-order valence-electron chi connectivity index (χ2n) is 5.14. The first-order valence-corrected chi connectivity index (χ1v) is 7.32. The van der Waals surface area contributed by atoms with Crippen LogP contribution in [0.15, 0.2) is 48.5 Å². The van der Waals surface area contributed by atoms with Crippen molar-refractivity contribution in [1.82, 2.24) is 5.32 Å². The smallest absolute Gasteiger partial charge is 0.126 e. The monoisotopic (exact) mass is 287 g/mol. The molecular formula is C18H22FNO. The quantitative estimate of drug-likeness (QED) is 0.863. The second-order valence-corrected chi connectivity index (χ2v) is 5.14. The fourth-order valence-corrected chi connectivity index (χ4v) is 2.46. The topological polar surface area (TPSA) is 21.3 Å². The van der Waals surface area contributed by atoms with E-state index in [1.165, 1.54) is 23.3 Å². The highest BCUT2D eigenvalue weighted by molar-refractivity contribution is 5.27. The highest BCUT2D eigenvalue weighted by atomic mass is 19.1. The summed E-state index contributed by atoms with van der Waals surface area (Å²) in [7, 11) is 1.91. The average molecular weight is 287 g/mol. The molecule has 0 saturated carbocycles. The van der Waals surface area contributed by atoms with Crippen LogP contribution < -0.4 is 10.1 Å².